The molecule has 5 heteroatoms. The molecule has 0 atom stereocenters. The Kier molecular flexibility index (Phi) is 3.80. The highest BCUT2D eigenvalue weighted by Crippen LogP contribution is 2.23. The number of fused-ring (bicyclic) bond motifs is 1. The van der Waals surface area contributed by atoms with Gasteiger partial charge in [0.25, 0.3) is 0 Å². The van der Waals surface area contributed by atoms with Crippen LogP contribution in [0.1, 0.15) is 5.82 Å². The van der Waals surface area contributed by atoms with E-state index in [-0.39, 0.29) is 0 Å². The fourth-order valence-corrected chi connectivity index (χ4v) is 2.59. The largest absolute Gasteiger partial charge is 0.378 e. The van der Waals surface area contributed by atoms with E-state index < -0.39 is 0 Å². The number of rotatable bonds is 4. The molecule has 4 nitrogen and oxygen atoms in total. The van der Waals surface area contributed by atoms with E-state index in [2.05, 4.69) is 43.7 Å². The van der Waals surface area contributed by atoms with E-state index >= 15 is 0 Å². The summed E-state index contributed by atoms with van der Waals surface area (Å²) in [6, 6.07) is 10.4. The molecule has 108 valence electrons. The number of pyridine rings is 1. The minimum atomic E-state index is 0.548. The number of hydrogen-bond donors (Lipinski definition) is 0. The molecule has 0 saturated carbocycles. The summed E-state index contributed by atoms with van der Waals surface area (Å²) in [4.78, 5) is 10.9. The molecule has 2 heterocycles. The summed E-state index contributed by atoms with van der Waals surface area (Å²) in [6.07, 6.45) is 4.31. The molecule has 3 aromatic rings. The molecule has 0 fully saturated rings. The van der Waals surface area contributed by atoms with Crippen molar-refractivity contribution in [1.29, 1.82) is 0 Å². The van der Waals surface area contributed by atoms with Gasteiger partial charge in [0.05, 0.1) is 11.7 Å². The number of halogens is 1. The van der Waals surface area contributed by atoms with E-state index in [9.17, 15) is 0 Å². The van der Waals surface area contributed by atoms with Crippen LogP contribution in [0, 0.1) is 0 Å². The fraction of sp³-hybridized carbons (Fsp3) is 0.250. The lowest BCUT2D eigenvalue weighted by Crippen LogP contribution is -2.08. The summed E-state index contributed by atoms with van der Waals surface area (Å²) in [5.41, 5.74) is 4.22. The molecule has 0 unspecified atom stereocenters. The van der Waals surface area contributed by atoms with E-state index in [1.807, 2.05) is 20.2 Å². The van der Waals surface area contributed by atoms with Crippen LogP contribution in [-0.2, 0) is 6.42 Å². The monoisotopic (exact) mass is 300 g/mol. The minimum absolute atomic E-state index is 0.548. The Morgan fingerprint density at radius 2 is 1.90 bits per heavy atom. The number of hydrogen-bond acceptors (Lipinski definition) is 3. The number of anilines is 1. The lowest BCUT2D eigenvalue weighted by atomic mass is 10.2. The van der Waals surface area contributed by atoms with E-state index in [0.29, 0.717) is 5.88 Å². The van der Waals surface area contributed by atoms with Crippen LogP contribution in [0.15, 0.2) is 42.7 Å². The molecule has 0 saturated heterocycles. The van der Waals surface area contributed by atoms with Gasteiger partial charge in [-0.25, -0.2) is 4.98 Å². The zero-order valence-electron chi connectivity index (χ0n) is 12.1. The summed E-state index contributed by atoms with van der Waals surface area (Å²) < 4.78 is 2.15. The number of imidazole rings is 1. The first-order valence-electron chi connectivity index (χ1n) is 6.86. The summed E-state index contributed by atoms with van der Waals surface area (Å²) in [6.45, 7) is 0. The van der Waals surface area contributed by atoms with Gasteiger partial charge in [-0.3, -0.25) is 9.55 Å². The highest BCUT2D eigenvalue weighted by atomic mass is 35.5. The summed E-state index contributed by atoms with van der Waals surface area (Å²) in [5, 5.41) is 0. The normalized spacial score (nSPS) is 11.0. The molecule has 0 radical (unpaired) electrons. The van der Waals surface area contributed by atoms with Gasteiger partial charge in [-0.2, -0.15) is 0 Å². The Bertz CT molecular complexity index is 747. The molecule has 0 N–H and O–H groups in total. The highest BCUT2D eigenvalue weighted by molar-refractivity contribution is 6.17. The third-order valence-electron chi connectivity index (χ3n) is 3.47. The van der Waals surface area contributed by atoms with Crippen LogP contribution in [-0.4, -0.2) is 34.5 Å². The van der Waals surface area contributed by atoms with Crippen LogP contribution in [0.2, 0.25) is 0 Å². The van der Waals surface area contributed by atoms with Gasteiger partial charge in [0.15, 0.2) is 0 Å². The number of nitrogens with zero attached hydrogens (tertiary/aromatic N) is 4. The van der Waals surface area contributed by atoms with Crippen LogP contribution < -0.4 is 4.90 Å². The Morgan fingerprint density at radius 1 is 1.14 bits per heavy atom. The second-order valence-corrected chi connectivity index (χ2v) is 5.46. The number of alkyl halides is 1. The van der Waals surface area contributed by atoms with Crippen molar-refractivity contribution >= 4 is 28.3 Å². The zero-order valence-corrected chi connectivity index (χ0v) is 12.9. The van der Waals surface area contributed by atoms with Crippen molar-refractivity contribution in [3.05, 3.63) is 48.5 Å². The van der Waals surface area contributed by atoms with Crippen LogP contribution in [0.25, 0.3) is 16.7 Å². The van der Waals surface area contributed by atoms with Crippen molar-refractivity contribution in [2.75, 3.05) is 24.9 Å². The quantitative estimate of drug-likeness (QED) is 0.694. The highest BCUT2D eigenvalue weighted by Gasteiger charge is 2.12. The molecule has 0 spiro atoms. The Morgan fingerprint density at radius 3 is 2.57 bits per heavy atom. The van der Waals surface area contributed by atoms with Crippen molar-refractivity contribution < 1.29 is 0 Å². The maximum Gasteiger partial charge on any atom is 0.115 e. The zero-order chi connectivity index (χ0) is 14.8. The topological polar surface area (TPSA) is 34.0 Å². The summed E-state index contributed by atoms with van der Waals surface area (Å²) >= 11 is 5.91. The Hall–Kier alpha value is -2.07. The minimum Gasteiger partial charge on any atom is -0.378 e. The first-order valence-corrected chi connectivity index (χ1v) is 7.39. The van der Waals surface area contributed by atoms with Crippen LogP contribution in [0.5, 0.6) is 0 Å². The lowest BCUT2D eigenvalue weighted by Gasteiger charge is -2.14. The van der Waals surface area contributed by atoms with Gasteiger partial charge in [0.2, 0.25) is 0 Å². The van der Waals surface area contributed by atoms with Crippen LogP contribution in [0.4, 0.5) is 5.69 Å². The third-order valence-corrected chi connectivity index (χ3v) is 3.66. The first kappa shape index (κ1) is 13.9. The van der Waals surface area contributed by atoms with Crippen LogP contribution in [0.3, 0.4) is 0 Å². The summed E-state index contributed by atoms with van der Waals surface area (Å²) in [5.74, 6) is 1.51. The Labute approximate surface area is 129 Å². The first-order chi connectivity index (χ1) is 10.2. The average Bonchev–Trinajstić information content (AvgIpc) is 2.85. The average molecular weight is 301 g/mol. The van der Waals surface area contributed by atoms with Gasteiger partial charge < -0.3 is 4.90 Å². The number of aryl methyl sites for hydroxylation is 1. The molecule has 2 aromatic heterocycles. The van der Waals surface area contributed by atoms with Crippen molar-refractivity contribution in [1.82, 2.24) is 14.5 Å². The van der Waals surface area contributed by atoms with Crippen molar-refractivity contribution in [3.8, 4) is 5.69 Å². The summed E-state index contributed by atoms with van der Waals surface area (Å²) in [7, 11) is 4.07. The smallest absolute Gasteiger partial charge is 0.115 e. The van der Waals surface area contributed by atoms with Crippen molar-refractivity contribution in [2.24, 2.45) is 0 Å². The van der Waals surface area contributed by atoms with Crippen molar-refractivity contribution in [2.45, 2.75) is 6.42 Å². The predicted octanol–water partition coefficient (Wildman–Crippen LogP) is 3.27. The maximum atomic E-state index is 5.91. The molecule has 0 aliphatic heterocycles. The molecule has 0 bridgehead atoms. The second kappa shape index (κ2) is 5.74. The Balaban J connectivity index is 2.15. The SMILES string of the molecule is CN(C)c1ccc(-n2c(CCCl)nc3cnccc32)cc1. The van der Waals surface area contributed by atoms with Crippen LogP contribution >= 0.6 is 11.6 Å². The number of aromatic nitrogens is 3. The molecule has 0 aliphatic rings. The third kappa shape index (κ3) is 2.59. The molecular formula is C16H17ClN4. The van der Waals surface area contributed by atoms with E-state index in [1.165, 1.54) is 5.69 Å². The fourth-order valence-electron chi connectivity index (χ4n) is 2.42. The second-order valence-electron chi connectivity index (χ2n) is 5.08. The van der Waals surface area contributed by atoms with Gasteiger partial charge >= 0.3 is 0 Å². The molecule has 21 heavy (non-hydrogen) atoms. The number of benzene rings is 1. The van der Waals surface area contributed by atoms with E-state index in [0.717, 1.165) is 29.0 Å². The molecule has 0 aliphatic carbocycles. The predicted molar refractivity (Wildman–Crippen MR) is 87.6 cm³/mol. The standard InChI is InChI=1S/C16H17ClN4/c1-20(2)12-3-5-13(6-4-12)21-15-8-10-18-11-14(15)19-16(21)7-9-17/h3-6,8,10-11H,7,9H2,1-2H3. The van der Waals surface area contributed by atoms with Gasteiger partial charge in [0, 0.05) is 44.0 Å². The van der Waals surface area contributed by atoms with Gasteiger partial charge in [-0.15, -0.1) is 11.6 Å². The van der Waals surface area contributed by atoms with E-state index in [1.54, 1.807) is 12.4 Å². The lowest BCUT2D eigenvalue weighted by molar-refractivity contribution is 0.912. The van der Waals surface area contributed by atoms with Gasteiger partial charge in [0.1, 0.15) is 11.3 Å². The van der Waals surface area contributed by atoms with E-state index in [4.69, 9.17) is 11.6 Å². The maximum absolute atomic E-state index is 5.91. The molecule has 3 rings (SSSR count). The molecule has 1 aromatic carbocycles. The molecule has 0 amide bonds. The molecular weight excluding hydrogens is 284 g/mol. The van der Waals surface area contributed by atoms with Gasteiger partial charge in [-0.05, 0) is 30.3 Å². The van der Waals surface area contributed by atoms with Crippen molar-refractivity contribution in [3.63, 3.8) is 0 Å². The van der Waals surface area contributed by atoms with Gasteiger partial charge in [-0.1, -0.05) is 0 Å².